The van der Waals surface area contributed by atoms with E-state index >= 15 is 0 Å². The van der Waals surface area contributed by atoms with Crippen molar-refractivity contribution in [2.75, 3.05) is 19.7 Å². The lowest BCUT2D eigenvalue weighted by molar-refractivity contribution is 0.0745. The first-order chi connectivity index (χ1) is 11.6. The van der Waals surface area contributed by atoms with Crippen LogP contribution in [-0.2, 0) is 24.2 Å². The summed E-state index contributed by atoms with van der Waals surface area (Å²) in [7, 11) is 0. The van der Waals surface area contributed by atoms with E-state index in [2.05, 4.69) is 20.4 Å². The summed E-state index contributed by atoms with van der Waals surface area (Å²) in [6, 6.07) is 1.97. The van der Waals surface area contributed by atoms with Gasteiger partial charge in [0.05, 0.1) is 25.0 Å². The first kappa shape index (κ1) is 15.3. The fourth-order valence-corrected chi connectivity index (χ4v) is 3.51. The number of rotatable bonds is 3. The monoisotopic (exact) mass is 331 g/mol. The van der Waals surface area contributed by atoms with Crippen molar-refractivity contribution in [1.29, 1.82) is 0 Å². The molecule has 4 rings (SSSR count). The van der Waals surface area contributed by atoms with Gasteiger partial charge in [0, 0.05) is 42.4 Å². The van der Waals surface area contributed by atoms with Gasteiger partial charge in [0.1, 0.15) is 0 Å². The Morgan fingerprint density at radius 1 is 1.42 bits per heavy atom. The van der Waals surface area contributed by atoms with Crippen LogP contribution in [0, 0.1) is 12.8 Å². The summed E-state index contributed by atoms with van der Waals surface area (Å²) in [5.41, 5.74) is 4.16. The largest absolute Gasteiger partial charge is 0.391 e. The van der Waals surface area contributed by atoms with Crippen molar-refractivity contribution in [3.8, 4) is 0 Å². The number of aromatic amines is 2. The number of hydrogen-bond donors (Lipinski definition) is 3. The number of nitrogens with zero attached hydrogens (tertiary/aromatic N) is 3. The van der Waals surface area contributed by atoms with Crippen LogP contribution in [0.3, 0.4) is 0 Å². The summed E-state index contributed by atoms with van der Waals surface area (Å²) >= 11 is 0. The van der Waals surface area contributed by atoms with Gasteiger partial charge in [-0.25, -0.2) is 0 Å². The Morgan fingerprint density at radius 2 is 2.29 bits per heavy atom. The molecule has 2 aromatic heterocycles. The van der Waals surface area contributed by atoms with Gasteiger partial charge in [-0.05, 0) is 19.4 Å². The van der Waals surface area contributed by atoms with Crippen LogP contribution in [-0.4, -0.2) is 62.1 Å². The molecule has 0 unspecified atom stereocenters. The molecular formula is C16H21N5O3. The molecule has 3 N–H and O–H groups in total. The number of aryl methyl sites for hydroxylation is 1. The highest BCUT2D eigenvalue weighted by molar-refractivity contribution is 5.94. The Bertz CT molecular complexity index is 753. The molecule has 128 valence electrons. The van der Waals surface area contributed by atoms with Crippen molar-refractivity contribution in [2.45, 2.75) is 32.5 Å². The fraction of sp³-hybridized carbons (Fsp3) is 0.562. The lowest BCUT2D eigenvalue weighted by Gasteiger charge is -2.17. The number of fused-ring (bicyclic) bond motifs is 1. The van der Waals surface area contributed by atoms with Crippen LogP contribution in [0.4, 0.5) is 0 Å². The summed E-state index contributed by atoms with van der Waals surface area (Å²) in [6.45, 7) is 3.85. The molecule has 0 spiro atoms. The van der Waals surface area contributed by atoms with Gasteiger partial charge < -0.3 is 14.7 Å². The molecule has 0 aliphatic carbocycles. The topological polar surface area (TPSA) is 107 Å². The number of carbonyl (C=O) groups is 1. The fourth-order valence-electron chi connectivity index (χ4n) is 3.51. The molecular weight excluding hydrogens is 310 g/mol. The summed E-state index contributed by atoms with van der Waals surface area (Å²) in [4.78, 5) is 14.5. The van der Waals surface area contributed by atoms with Crippen molar-refractivity contribution < 1.29 is 14.6 Å². The zero-order chi connectivity index (χ0) is 16.7. The minimum atomic E-state index is -0.544. The van der Waals surface area contributed by atoms with Crippen LogP contribution in [0.15, 0.2) is 6.07 Å². The minimum Gasteiger partial charge on any atom is -0.391 e. The molecule has 4 heterocycles. The molecule has 2 aliphatic rings. The third-order valence-electron chi connectivity index (χ3n) is 4.82. The van der Waals surface area contributed by atoms with Crippen LogP contribution < -0.4 is 0 Å². The van der Waals surface area contributed by atoms with Crippen molar-refractivity contribution in [2.24, 2.45) is 5.92 Å². The van der Waals surface area contributed by atoms with E-state index in [1.807, 2.05) is 13.0 Å². The Hall–Kier alpha value is -2.19. The van der Waals surface area contributed by atoms with E-state index in [1.165, 1.54) is 0 Å². The van der Waals surface area contributed by atoms with Crippen molar-refractivity contribution in [3.05, 3.63) is 34.4 Å². The number of nitrogens with one attached hydrogen (secondary N) is 2. The summed E-state index contributed by atoms with van der Waals surface area (Å²) in [5, 5.41) is 24.6. The number of H-pyrrole nitrogens is 2. The van der Waals surface area contributed by atoms with E-state index in [4.69, 9.17) is 4.74 Å². The minimum absolute atomic E-state index is 0.0114. The Morgan fingerprint density at radius 3 is 3.08 bits per heavy atom. The second-order valence-electron chi connectivity index (χ2n) is 6.62. The lowest BCUT2D eigenvalue weighted by Crippen LogP contribution is -2.31. The normalized spacial score (nSPS) is 23.5. The van der Waals surface area contributed by atoms with Crippen molar-refractivity contribution in [1.82, 2.24) is 25.3 Å². The average Bonchev–Trinajstić information content (AvgIpc) is 3.27. The van der Waals surface area contributed by atoms with Crippen LogP contribution >= 0.6 is 0 Å². The van der Waals surface area contributed by atoms with Crippen LogP contribution in [0.1, 0.15) is 33.1 Å². The predicted octanol–water partition coefficient (Wildman–Crippen LogP) is 0.190. The Labute approximate surface area is 139 Å². The zero-order valence-corrected chi connectivity index (χ0v) is 13.6. The van der Waals surface area contributed by atoms with Gasteiger partial charge in [-0.2, -0.15) is 10.2 Å². The molecule has 1 fully saturated rings. The van der Waals surface area contributed by atoms with Gasteiger partial charge in [-0.15, -0.1) is 0 Å². The average molecular weight is 331 g/mol. The van der Waals surface area contributed by atoms with Gasteiger partial charge in [-0.3, -0.25) is 15.0 Å². The summed E-state index contributed by atoms with van der Waals surface area (Å²) in [6.07, 6.45) is 0.855. The van der Waals surface area contributed by atoms with E-state index in [9.17, 15) is 9.90 Å². The maximum absolute atomic E-state index is 12.8. The smallest absolute Gasteiger partial charge is 0.274 e. The highest BCUT2D eigenvalue weighted by Gasteiger charge is 2.36. The second-order valence-corrected chi connectivity index (χ2v) is 6.62. The van der Waals surface area contributed by atoms with Crippen LogP contribution in [0.25, 0.3) is 0 Å². The molecule has 2 atom stereocenters. The summed E-state index contributed by atoms with van der Waals surface area (Å²) in [5.74, 6) is -0.152. The predicted molar refractivity (Wildman–Crippen MR) is 84.4 cm³/mol. The third-order valence-corrected chi connectivity index (χ3v) is 4.82. The molecule has 0 bridgehead atoms. The summed E-state index contributed by atoms with van der Waals surface area (Å²) < 4.78 is 5.44. The molecule has 0 radical (unpaired) electrons. The maximum atomic E-state index is 12.8. The van der Waals surface area contributed by atoms with Gasteiger partial charge >= 0.3 is 0 Å². The van der Waals surface area contributed by atoms with Crippen LogP contribution in [0.5, 0.6) is 0 Å². The van der Waals surface area contributed by atoms with E-state index < -0.39 is 6.10 Å². The lowest BCUT2D eigenvalue weighted by atomic mass is 10.0. The molecule has 8 nitrogen and oxygen atoms in total. The molecule has 1 saturated heterocycles. The van der Waals surface area contributed by atoms with E-state index in [0.29, 0.717) is 38.4 Å². The number of aromatic nitrogens is 4. The van der Waals surface area contributed by atoms with Crippen molar-refractivity contribution in [3.63, 3.8) is 0 Å². The number of ether oxygens (including phenoxy) is 1. The molecule has 24 heavy (non-hydrogen) atoms. The van der Waals surface area contributed by atoms with Crippen molar-refractivity contribution >= 4 is 5.91 Å². The maximum Gasteiger partial charge on any atom is 0.274 e. The van der Waals surface area contributed by atoms with E-state index in [-0.39, 0.29) is 11.8 Å². The highest BCUT2D eigenvalue weighted by Crippen LogP contribution is 2.25. The molecule has 0 aromatic carbocycles. The molecule has 2 aromatic rings. The van der Waals surface area contributed by atoms with Gasteiger partial charge in [-0.1, -0.05) is 0 Å². The molecule has 2 aliphatic heterocycles. The Kier molecular flexibility index (Phi) is 3.85. The van der Waals surface area contributed by atoms with E-state index in [1.54, 1.807) is 4.90 Å². The Balaban J connectivity index is 1.47. The SMILES string of the molecule is Cc1cc(C[C@@H]2CN(C(=O)c3n[nH]c4c3COCC4)C[C@@H]2O)n[nH]1. The van der Waals surface area contributed by atoms with E-state index in [0.717, 1.165) is 29.1 Å². The molecule has 0 saturated carbocycles. The highest BCUT2D eigenvalue weighted by atomic mass is 16.5. The number of aliphatic hydroxyl groups is 1. The second kappa shape index (κ2) is 6.03. The van der Waals surface area contributed by atoms with Gasteiger partial charge in [0.2, 0.25) is 0 Å². The number of amides is 1. The first-order valence-electron chi connectivity index (χ1n) is 8.24. The van der Waals surface area contributed by atoms with Crippen LogP contribution in [0.2, 0.25) is 0 Å². The van der Waals surface area contributed by atoms with Gasteiger partial charge in [0.25, 0.3) is 5.91 Å². The van der Waals surface area contributed by atoms with Gasteiger partial charge in [0.15, 0.2) is 5.69 Å². The standard InChI is InChI=1S/C16H21N5O3/c1-9-4-11(18-17-9)5-10-6-21(7-14(10)22)16(23)15-12-8-24-3-2-13(12)19-20-15/h4,10,14,22H,2-3,5-8H2,1H3,(H,17,18)(H,19,20)/t10-,14+/m1/s1. The zero-order valence-electron chi connectivity index (χ0n) is 13.6. The number of hydrogen-bond acceptors (Lipinski definition) is 5. The third kappa shape index (κ3) is 2.71. The molecule has 1 amide bonds. The number of aliphatic hydroxyl groups excluding tert-OH is 1. The quantitative estimate of drug-likeness (QED) is 0.744. The first-order valence-corrected chi connectivity index (χ1v) is 8.24. The molecule has 8 heteroatoms. The number of likely N-dealkylation sites (tertiary alicyclic amines) is 1. The number of β-amino-alcohol motifs (C(OH)–C–C–N with tert-alkyl or cyclic N) is 1. The number of carbonyl (C=O) groups excluding carboxylic acids is 1.